The van der Waals surface area contributed by atoms with E-state index in [1.807, 2.05) is 25.1 Å². The van der Waals surface area contributed by atoms with Crippen LogP contribution in [0.1, 0.15) is 47.0 Å². The van der Waals surface area contributed by atoms with Crippen LogP contribution in [0, 0.1) is 23.7 Å². The van der Waals surface area contributed by atoms with Gasteiger partial charge in [0.15, 0.2) is 5.13 Å². The van der Waals surface area contributed by atoms with Crippen molar-refractivity contribution in [3.05, 3.63) is 41.3 Å². The van der Waals surface area contributed by atoms with Crippen LogP contribution in [-0.4, -0.2) is 65.4 Å². The number of ether oxygens (including phenoxy) is 1. The molecule has 2 aromatic rings. The molecule has 0 unspecified atom stereocenters. The lowest BCUT2D eigenvalue weighted by atomic mass is 9.51. The molecule has 2 radical (unpaired) electrons. The Morgan fingerprint density at radius 1 is 1.36 bits per heavy atom. The predicted molar refractivity (Wildman–Crippen MR) is 145 cm³/mol. The highest BCUT2D eigenvalue weighted by atomic mass is 35.5. The van der Waals surface area contributed by atoms with Crippen LogP contribution in [0.3, 0.4) is 0 Å². The number of carbonyl (C=O) groups excluding carboxylic acids is 1. The minimum Gasteiger partial charge on any atom is -0.457 e. The lowest BCUT2D eigenvalue weighted by Gasteiger charge is -2.58. The fourth-order valence-corrected chi connectivity index (χ4v) is 7.64. The average molecular weight is 530 g/mol. The van der Waals surface area contributed by atoms with Gasteiger partial charge in [-0.2, -0.15) is 0 Å². The second-order valence-corrected chi connectivity index (χ2v) is 12.5. The number of anilines is 1. The van der Waals surface area contributed by atoms with Crippen LogP contribution in [0.15, 0.2) is 29.8 Å². The van der Waals surface area contributed by atoms with Crippen molar-refractivity contribution in [2.24, 2.45) is 17.3 Å². The maximum absolute atomic E-state index is 12.1. The second-order valence-electron chi connectivity index (χ2n) is 11.0. The minimum absolute atomic E-state index is 0.00916. The summed E-state index contributed by atoms with van der Waals surface area (Å²) in [6.07, 6.45) is 7.85. The number of hydrogen-bond acceptors (Lipinski definition) is 7. The zero-order chi connectivity index (χ0) is 25.7. The first-order valence-electron chi connectivity index (χ1n) is 13.0. The van der Waals surface area contributed by atoms with Gasteiger partial charge in [-0.1, -0.05) is 49.3 Å². The zero-order valence-corrected chi connectivity index (χ0v) is 23.2. The van der Waals surface area contributed by atoms with Gasteiger partial charge in [-0.25, -0.2) is 4.98 Å². The van der Waals surface area contributed by atoms with Crippen LogP contribution in [0.2, 0.25) is 5.02 Å². The van der Waals surface area contributed by atoms with Crippen LogP contribution in [-0.2, 0) is 9.53 Å². The number of rotatable bonds is 5. The number of benzene rings is 1. The van der Waals surface area contributed by atoms with E-state index in [0.29, 0.717) is 0 Å². The number of halogens is 1. The summed E-state index contributed by atoms with van der Waals surface area (Å²) < 4.78 is 6.64. The van der Waals surface area contributed by atoms with E-state index in [4.69, 9.17) is 21.3 Å². The summed E-state index contributed by atoms with van der Waals surface area (Å²) in [5.74, 6) is -0.0874. The number of nitrogens with zero attached hydrogens (tertiary/aromatic N) is 3. The molecule has 5 atom stereocenters. The normalized spacial score (nSPS) is 32.2. The van der Waals surface area contributed by atoms with Gasteiger partial charge in [0.1, 0.15) is 6.10 Å². The number of aliphatic hydroxyl groups is 1. The minimum atomic E-state index is -1.12. The first kappa shape index (κ1) is 26.0. The third kappa shape index (κ3) is 4.68. The molecule has 8 heteroatoms. The van der Waals surface area contributed by atoms with Gasteiger partial charge in [-0.05, 0) is 49.5 Å². The van der Waals surface area contributed by atoms with Crippen molar-refractivity contribution in [2.75, 3.05) is 37.6 Å². The summed E-state index contributed by atoms with van der Waals surface area (Å²) in [6.45, 7) is 12.5. The Morgan fingerprint density at radius 2 is 2.11 bits per heavy atom. The SMILES string of the molecule is CC(=O)O[C@@H]1[C][C@@]2(O)[C@H](C=C1C)CCC[C@]2(C)[C@@H](C)CN1CCN(c2nc3ccc(Cl)cc3s2)CC1. The van der Waals surface area contributed by atoms with Crippen molar-refractivity contribution in [3.8, 4) is 0 Å². The Labute approximate surface area is 223 Å². The maximum atomic E-state index is 12.1. The maximum Gasteiger partial charge on any atom is 0.303 e. The largest absolute Gasteiger partial charge is 0.457 e. The number of carbonyl (C=O) groups is 1. The van der Waals surface area contributed by atoms with E-state index in [1.54, 1.807) is 11.3 Å². The summed E-state index contributed by atoms with van der Waals surface area (Å²) in [4.78, 5) is 21.4. The Kier molecular flexibility index (Phi) is 7.14. The van der Waals surface area contributed by atoms with Crippen molar-refractivity contribution in [2.45, 2.75) is 58.7 Å². The van der Waals surface area contributed by atoms with Crippen molar-refractivity contribution < 1.29 is 14.6 Å². The standard InChI is InChI=1S/C28H36ClN3O3S/c1-18-14-21-6-5-9-27(4,28(21,34)16-24(18)35-20(3)33)19(2)17-31-10-12-32(13-11-31)26-30-23-8-7-22(29)15-25(23)36-26/h7-8,14-15,19,21,24,34H,5-6,9-13,17H2,1-4H3/t19-,21-,24+,27+,28+/m0/s1. The third-order valence-corrected chi connectivity index (χ3v) is 10.0. The first-order chi connectivity index (χ1) is 17.1. The topological polar surface area (TPSA) is 65.9 Å². The number of fused-ring (bicyclic) bond motifs is 2. The Balaban J connectivity index is 1.25. The van der Waals surface area contributed by atoms with Gasteiger partial charge in [-0.15, -0.1) is 0 Å². The number of piperazine rings is 1. The molecule has 1 aliphatic heterocycles. The van der Waals surface area contributed by atoms with E-state index < -0.39 is 11.7 Å². The summed E-state index contributed by atoms with van der Waals surface area (Å²) in [5, 5.41) is 13.9. The van der Waals surface area contributed by atoms with Crippen molar-refractivity contribution in [1.29, 1.82) is 0 Å². The van der Waals surface area contributed by atoms with Gasteiger partial charge in [0, 0.05) is 56.0 Å². The van der Waals surface area contributed by atoms with Crippen LogP contribution < -0.4 is 4.90 Å². The van der Waals surface area contributed by atoms with Gasteiger partial charge in [-0.3, -0.25) is 9.69 Å². The molecule has 2 aliphatic carbocycles. The van der Waals surface area contributed by atoms with E-state index in [9.17, 15) is 9.90 Å². The van der Waals surface area contributed by atoms with Crippen molar-refractivity contribution in [3.63, 3.8) is 0 Å². The Morgan fingerprint density at radius 3 is 2.83 bits per heavy atom. The number of thiazole rings is 1. The molecule has 6 nitrogen and oxygen atoms in total. The number of aromatic nitrogens is 1. The molecule has 5 rings (SSSR count). The molecule has 1 saturated heterocycles. The Hall–Kier alpha value is -1.67. The Bertz CT molecular complexity index is 1160. The molecule has 1 N–H and O–H groups in total. The number of esters is 1. The van der Waals surface area contributed by atoms with E-state index >= 15 is 0 Å². The van der Waals surface area contributed by atoms with E-state index in [-0.39, 0.29) is 23.2 Å². The van der Waals surface area contributed by atoms with Gasteiger partial charge < -0.3 is 14.7 Å². The monoisotopic (exact) mass is 529 g/mol. The smallest absolute Gasteiger partial charge is 0.303 e. The highest BCUT2D eigenvalue weighted by Gasteiger charge is 2.59. The second kappa shape index (κ2) is 9.90. The van der Waals surface area contributed by atoms with Gasteiger partial charge in [0.05, 0.1) is 22.2 Å². The zero-order valence-electron chi connectivity index (χ0n) is 21.6. The van der Waals surface area contributed by atoms with E-state index in [0.717, 1.165) is 77.9 Å². The lowest BCUT2D eigenvalue weighted by Crippen LogP contribution is -2.62. The average Bonchev–Trinajstić information content (AvgIpc) is 3.24. The van der Waals surface area contributed by atoms with Gasteiger partial charge in [0.2, 0.25) is 0 Å². The molecular weight excluding hydrogens is 494 g/mol. The van der Waals surface area contributed by atoms with Crippen molar-refractivity contribution in [1.82, 2.24) is 9.88 Å². The predicted octanol–water partition coefficient (Wildman–Crippen LogP) is 5.22. The fourth-order valence-electron chi connectivity index (χ4n) is 6.35. The molecule has 0 amide bonds. The fraction of sp³-hybridized carbons (Fsp3) is 0.607. The van der Waals surface area contributed by atoms with Crippen LogP contribution in [0.5, 0.6) is 0 Å². The summed E-state index contributed by atoms with van der Waals surface area (Å²) in [7, 11) is 0. The molecule has 3 aliphatic rings. The van der Waals surface area contributed by atoms with Gasteiger partial charge >= 0.3 is 5.97 Å². The lowest BCUT2D eigenvalue weighted by molar-refractivity contribution is -0.160. The van der Waals surface area contributed by atoms with Crippen LogP contribution >= 0.6 is 22.9 Å². The summed E-state index contributed by atoms with van der Waals surface area (Å²) in [5.41, 5.74) is 0.494. The molecule has 0 bridgehead atoms. The quantitative estimate of drug-likeness (QED) is 0.423. The van der Waals surface area contributed by atoms with Crippen LogP contribution in [0.25, 0.3) is 10.2 Å². The molecule has 2 heterocycles. The van der Waals surface area contributed by atoms with Gasteiger partial charge in [0.25, 0.3) is 0 Å². The summed E-state index contributed by atoms with van der Waals surface area (Å²) >= 11 is 7.86. The molecule has 1 aromatic carbocycles. The molecule has 36 heavy (non-hydrogen) atoms. The van der Waals surface area contributed by atoms with Crippen LogP contribution in [0.4, 0.5) is 5.13 Å². The molecule has 1 saturated carbocycles. The highest BCUT2D eigenvalue weighted by Crippen LogP contribution is 2.56. The molecule has 1 aromatic heterocycles. The first-order valence-corrected chi connectivity index (χ1v) is 14.2. The van der Waals surface area contributed by atoms with Crippen molar-refractivity contribution >= 4 is 44.3 Å². The molecule has 0 spiro atoms. The molecule has 194 valence electrons. The number of hydrogen-bond donors (Lipinski definition) is 1. The van der Waals surface area contributed by atoms with E-state index in [2.05, 4.69) is 36.1 Å². The van der Waals surface area contributed by atoms with E-state index in [1.165, 1.54) is 6.92 Å². The third-order valence-electron chi connectivity index (χ3n) is 8.73. The molecule has 2 fully saturated rings. The highest BCUT2D eigenvalue weighted by molar-refractivity contribution is 7.22. The summed E-state index contributed by atoms with van der Waals surface area (Å²) in [6, 6.07) is 5.87. The molecular formula is C28H36ClN3O3S.